The van der Waals surface area contributed by atoms with Gasteiger partial charge >= 0.3 is 5.97 Å². The normalized spacial score (nSPS) is 11.9. The summed E-state index contributed by atoms with van der Waals surface area (Å²) in [6, 6.07) is 4.46. The largest absolute Gasteiger partial charge is 0.507 e. The Morgan fingerprint density at radius 1 is 1.47 bits per heavy atom. The Hall–Kier alpha value is -1.56. The van der Waals surface area contributed by atoms with E-state index >= 15 is 0 Å². The van der Waals surface area contributed by atoms with Crippen LogP contribution in [-0.2, 0) is 4.79 Å². The highest BCUT2D eigenvalue weighted by atomic mass is 79.9. The first-order valence-electron chi connectivity index (χ1n) is 4.91. The van der Waals surface area contributed by atoms with Crippen LogP contribution in [0.15, 0.2) is 22.7 Å². The Bertz CT molecular complexity index is 447. The van der Waals surface area contributed by atoms with E-state index in [1.165, 1.54) is 19.1 Å². The van der Waals surface area contributed by atoms with Crippen molar-refractivity contribution in [3.05, 3.63) is 28.2 Å². The van der Waals surface area contributed by atoms with E-state index in [1.54, 1.807) is 6.07 Å². The Morgan fingerprint density at radius 3 is 2.71 bits per heavy atom. The summed E-state index contributed by atoms with van der Waals surface area (Å²) >= 11 is 3.18. The monoisotopic (exact) mass is 301 g/mol. The van der Waals surface area contributed by atoms with Gasteiger partial charge in [0, 0.05) is 11.0 Å². The molecule has 0 spiro atoms. The van der Waals surface area contributed by atoms with Crippen LogP contribution in [0.1, 0.15) is 17.3 Å². The van der Waals surface area contributed by atoms with E-state index in [2.05, 4.69) is 21.2 Å². The van der Waals surface area contributed by atoms with Crippen LogP contribution in [0, 0.1) is 5.92 Å². The van der Waals surface area contributed by atoms with Gasteiger partial charge in [0.25, 0.3) is 5.91 Å². The first-order valence-corrected chi connectivity index (χ1v) is 5.70. The number of carbonyl (C=O) groups is 2. The lowest BCUT2D eigenvalue weighted by Crippen LogP contribution is -2.31. The summed E-state index contributed by atoms with van der Waals surface area (Å²) < 4.78 is 0.659. The smallest absolute Gasteiger partial charge is 0.308 e. The number of hydrogen-bond acceptors (Lipinski definition) is 3. The number of aliphatic carboxylic acids is 1. The number of nitrogens with one attached hydrogen (secondary N) is 1. The number of halogens is 1. The third-order valence-corrected chi connectivity index (χ3v) is 2.69. The molecule has 17 heavy (non-hydrogen) atoms. The number of aromatic hydroxyl groups is 1. The molecule has 0 saturated carbocycles. The van der Waals surface area contributed by atoms with Gasteiger partial charge in [0.2, 0.25) is 0 Å². The fourth-order valence-electron chi connectivity index (χ4n) is 1.12. The molecule has 1 rings (SSSR count). The van der Waals surface area contributed by atoms with Crippen LogP contribution in [0.5, 0.6) is 5.75 Å². The van der Waals surface area contributed by atoms with E-state index in [4.69, 9.17) is 5.11 Å². The quantitative estimate of drug-likeness (QED) is 0.788. The van der Waals surface area contributed by atoms with E-state index in [1.807, 2.05) is 0 Å². The summed E-state index contributed by atoms with van der Waals surface area (Å²) in [6.07, 6.45) is 0. The number of carbonyl (C=O) groups excluding carboxylic acids is 1. The van der Waals surface area contributed by atoms with Gasteiger partial charge in [-0.3, -0.25) is 9.59 Å². The fourth-order valence-corrected chi connectivity index (χ4v) is 1.48. The molecule has 1 unspecified atom stereocenters. The number of carboxylic acid groups (broad SMARTS) is 1. The van der Waals surface area contributed by atoms with E-state index < -0.39 is 17.8 Å². The van der Waals surface area contributed by atoms with Crippen LogP contribution in [0.3, 0.4) is 0 Å². The van der Waals surface area contributed by atoms with Gasteiger partial charge in [0.1, 0.15) is 5.75 Å². The van der Waals surface area contributed by atoms with Crippen LogP contribution in [0.25, 0.3) is 0 Å². The fraction of sp³-hybridized carbons (Fsp3) is 0.273. The maximum Gasteiger partial charge on any atom is 0.308 e. The highest BCUT2D eigenvalue weighted by Crippen LogP contribution is 2.21. The van der Waals surface area contributed by atoms with Gasteiger partial charge in [-0.1, -0.05) is 22.9 Å². The Morgan fingerprint density at radius 2 is 2.12 bits per heavy atom. The number of carboxylic acids is 1. The lowest BCUT2D eigenvalue weighted by Gasteiger charge is -2.09. The predicted molar refractivity (Wildman–Crippen MR) is 64.9 cm³/mol. The molecule has 6 heteroatoms. The molecule has 0 bridgehead atoms. The second-order valence-electron chi connectivity index (χ2n) is 3.61. The predicted octanol–water partition coefficient (Wildman–Crippen LogP) is 1.61. The molecule has 0 saturated heterocycles. The third-order valence-electron chi connectivity index (χ3n) is 2.19. The van der Waals surface area contributed by atoms with E-state index in [-0.39, 0.29) is 17.9 Å². The Labute approximate surface area is 107 Å². The molecule has 0 aliphatic carbocycles. The van der Waals surface area contributed by atoms with Gasteiger partial charge in [0.15, 0.2) is 0 Å². The zero-order chi connectivity index (χ0) is 13.0. The van der Waals surface area contributed by atoms with Crippen molar-refractivity contribution < 1.29 is 19.8 Å². The highest BCUT2D eigenvalue weighted by molar-refractivity contribution is 9.10. The molecule has 0 aliphatic rings. The summed E-state index contributed by atoms with van der Waals surface area (Å²) in [5.41, 5.74) is 0.108. The molecule has 0 heterocycles. The van der Waals surface area contributed by atoms with Crippen LogP contribution in [-0.4, -0.2) is 28.6 Å². The van der Waals surface area contributed by atoms with E-state index in [0.717, 1.165) is 0 Å². The third kappa shape index (κ3) is 3.74. The highest BCUT2D eigenvalue weighted by Gasteiger charge is 2.15. The maximum absolute atomic E-state index is 11.7. The molecule has 0 aromatic heterocycles. The number of amides is 1. The number of phenolic OH excluding ortho intramolecular Hbond substituents is 1. The summed E-state index contributed by atoms with van der Waals surface area (Å²) in [5, 5.41) is 20.6. The van der Waals surface area contributed by atoms with Gasteiger partial charge in [0.05, 0.1) is 11.5 Å². The first-order chi connectivity index (χ1) is 7.91. The molecule has 3 N–H and O–H groups in total. The minimum atomic E-state index is -0.983. The number of benzene rings is 1. The molecule has 0 aliphatic heterocycles. The molecular formula is C11H12BrNO4. The van der Waals surface area contributed by atoms with E-state index in [0.29, 0.717) is 4.47 Å². The lowest BCUT2D eigenvalue weighted by molar-refractivity contribution is -0.140. The minimum absolute atomic E-state index is 0.0140. The minimum Gasteiger partial charge on any atom is -0.507 e. The molecule has 0 fully saturated rings. The Kier molecular flexibility index (Phi) is 4.51. The molecule has 1 aromatic carbocycles. The molecule has 0 radical (unpaired) electrons. The van der Waals surface area contributed by atoms with E-state index in [9.17, 15) is 14.7 Å². The summed E-state index contributed by atoms with van der Waals surface area (Å²) in [5.74, 6) is -2.30. The molecule has 1 amide bonds. The number of hydrogen-bond donors (Lipinski definition) is 3. The van der Waals surface area contributed by atoms with Crippen molar-refractivity contribution in [3.63, 3.8) is 0 Å². The SMILES string of the molecule is CC(CNC(=O)c1cc(Br)ccc1O)C(=O)O. The molecule has 5 nitrogen and oxygen atoms in total. The van der Waals surface area contributed by atoms with Crippen molar-refractivity contribution in [2.24, 2.45) is 5.92 Å². The average Bonchev–Trinajstić information content (AvgIpc) is 2.28. The van der Waals surface area contributed by atoms with Gasteiger partial charge in [-0.2, -0.15) is 0 Å². The van der Waals surface area contributed by atoms with Gasteiger partial charge < -0.3 is 15.5 Å². The molecular weight excluding hydrogens is 290 g/mol. The number of phenols is 1. The van der Waals surface area contributed by atoms with Crippen molar-refractivity contribution in [1.82, 2.24) is 5.32 Å². The summed E-state index contributed by atoms with van der Waals surface area (Å²) in [4.78, 5) is 22.2. The second-order valence-corrected chi connectivity index (χ2v) is 4.53. The zero-order valence-corrected chi connectivity index (χ0v) is 10.7. The van der Waals surface area contributed by atoms with Crippen molar-refractivity contribution in [1.29, 1.82) is 0 Å². The van der Waals surface area contributed by atoms with Crippen LogP contribution in [0.4, 0.5) is 0 Å². The van der Waals surface area contributed by atoms with Crippen molar-refractivity contribution >= 4 is 27.8 Å². The van der Waals surface area contributed by atoms with Gasteiger partial charge in [-0.25, -0.2) is 0 Å². The van der Waals surface area contributed by atoms with Crippen LogP contribution in [0.2, 0.25) is 0 Å². The van der Waals surface area contributed by atoms with Gasteiger partial charge in [-0.15, -0.1) is 0 Å². The van der Waals surface area contributed by atoms with Gasteiger partial charge in [-0.05, 0) is 18.2 Å². The first kappa shape index (κ1) is 13.5. The number of rotatable bonds is 4. The van der Waals surface area contributed by atoms with Crippen molar-refractivity contribution in [3.8, 4) is 5.75 Å². The Balaban J connectivity index is 2.70. The summed E-state index contributed by atoms with van der Waals surface area (Å²) in [6.45, 7) is 1.50. The maximum atomic E-state index is 11.7. The zero-order valence-electron chi connectivity index (χ0n) is 9.11. The standard InChI is InChI=1S/C11H12BrNO4/c1-6(11(16)17)5-13-10(15)8-4-7(12)2-3-9(8)14/h2-4,6,14H,5H2,1H3,(H,13,15)(H,16,17). The molecule has 1 atom stereocenters. The lowest BCUT2D eigenvalue weighted by atomic mass is 10.1. The second kappa shape index (κ2) is 5.67. The molecule has 1 aromatic rings. The average molecular weight is 302 g/mol. The van der Waals surface area contributed by atoms with Crippen molar-refractivity contribution in [2.45, 2.75) is 6.92 Å². The van der Waals surface area contributed by atoms with Crippen molar-refractivity contribution in [2.75, 3.05) is 6.54 Å². The van der Waals surface area contributed by atoms with Crippen LogP contribution >= 0.6 is 15.9 Å². The molecule has 92 valence electrons. The summed E-state index contributed by atoms with van der Waals surface area (Å²) in [7, 11) is 0. The van der Waals surface area contributed by atoms with Crippen LogP contribution < -0.4 is 5.32 Å². The topological polar surface area (TPSA) is 86.6 Å².